The lowest BCUT2D eigenvalue weighted by atomic mass is 10.2. The van der Waals surface area contributed by atoms with Crippen LogP contribution in [0.1, 0.15) is 21.7 Å². The Labute approximate surface area is 101 Å². The Morgan fingerprint density at radius 3 is 2.75 bits per heavy atom. The average Bonchev–Trinajstić information content (AvgIpc) is 2.66. The van der Waals surface area contributed by atoms with Gasteiger partial charge in [0.25, 0.3) is 0 Å². The van der Waals surface area contributed by atoms with Gasteiger partial charge in [-0.3, -0.25) is 0 Å². The van der Waals surface area contributed by atoms with Crippen molar-refractivity contribution in [3.63, 3.8) is 0 Å². The van der Waals surface area contributed by atoms with Crippen LogP contribution in [0, 0.1) is 13.8 Å². The molecule has 16 heavy (non-hydrogen) atoms. The van der Waals surface area contributed by atoms with Gasteiger partial charge in [-0.25, -0.2) is 8.42 Å². The lowest BCUT2D eigenvalue weighted by molar-refractivity contribution is 0.554. The monoisotopic (exact) mass is 259 g/mol. The van der Waals surface area contributed by atoms with Gasteiger partial charge < -0.3 is 5.32 Å². The molecule has 3 nitrogen and oxygen atoms in total. The molecular weight excluding hydrogens is 242 g/mol. The van der Waals surface area contributed by atoms with Crippen LogP contribution < -0.4 is 5.32 Å². The summed E-state index contributed by atoms with van der Waals surface area (Å²) in [5.41, 5.74) is 1.30. The van der Waals surface area contributed by atoms with Crippen molar-refractivity contribution in [2.75, 3.05) is 11.5 Å². The summed E-state index contributed by atoms with van der Waals surface area (Å²) in [4.78, 5) is 2.64. The van der Waals surface area contributed by atoms with Crippen LogP contribution in [-0.2, 0) is 16.4 Å². The Kier molecular flexibility index (Phi) is 3.37. The van der Waals surface area contributed by atoms with Gasteiger partial charge in [0, 0.05) is 22.3 Å². The Morgan fingerprint density at radius 2 is 2.25 bits per heavy atom. The zero-order valence-electron chi connectivity index (χ0n) is 9.62. The molecule has 0 radical (unpaired) electrons. The molecule has 90 valence electrons. The van der Waals surface area contributed by atoms with Crippen LogP contribution >= 0.6 is 11.3 Å². The lowest BCUT2D eigenvalue weighted by Crippen LogP contribution is -2.29. The van der Waals surface area contributed by atoms with Crippen molar-refractivity contribution in [1.29, 1.82) is 0 Å². The van der Waals surface area contributed by atoms with E-state index < -0.39 is 9.84 Å². The topological polar surface area (TPSA) is 46.2 Å². The van der Waals surface area contributed by atoms with E-state index in [1.165, 1.54) is 15.3 Å². The van der Waals surface area contributed by atoms with Crippen LogP contribution in [0.5, 0.6) is 0 Å². The largest absolute Gasteiger partial charge is 0.309 e. The van der Waals surface area contributed by atoms with Crippen molar-refractivity contribution in [2.24, 2.45) is 0 Å². The highest BCUT2D eigenvalue weighted by Crippen LogP contribution is 2.21. The molecule has 1 aliphatic rings. The summed E-state index contributed by atoms with van der Waals surface area (Å²) in [6.45, 7) is 5.00. The highest BCUT2D eigenvalue weighted by atomic mass is 32.2. The normalized spacial score (nSPS) is 23.8. The quantitative estimate of drug-likeness (QED) is 0.897. The second-order valence-electron chi connectivity index (χ2n) is 4.42. The van der Waals surface area contributed by atoms with Crippen molar-refractivity contribution in [2.45, 2.75) is 32.9 Å². The number of aryl methyl sites for hydroxylation is 2. The molecular formula is C11H17NO2S2. The second-order valence-corrected chi connectivity index (χ2v) is 8.11. The van der Waals surface area contributed by atoms with E-state index in [0.717, 1.165) is 13.0 Å². The summed E-state index contributed by atoms with van der Waals surface area (Å²) in [5, 5.41) is 3.34. The molecule has 2 rings (SSSR count). The fourth-order valence-corrected chi connectivity index (χ4v) is 4.72. The molecule has 1 fully saturated rings. The van der Waals surface area contributed by atoms with Crippen LogP contribution in [0.2, 0.25) is 0 Å². The van der Waals surface area contributed by atoms with Gasteiger partial charge in [-0.15, -0.1) is 11.3 Å². The summed E-state index contributed by atoms with van der Waals surface area (Å²) >= 11 is 1.79. The minimum atomic E-state index is -2.76. The maximum absolute atomic E-state index is 11.3. The standard InChI is InChI=1S/C11H17NO2S2/c1-8-5-10(9(2)15-8)6-12-11-3-4-16(13,14)7-11/h5,11-12H,3-4,6-7H2,1-2H3. The summed E-state index contributed by atoms with van der Waals surface area (Å²) < 4.78 is 22.6. The highest BCUT2D eigenvalue weighted by Gasteiger charge is 2.27. The summed E-state index contributed by atoms with van der Waals surface area (Å²) in [6, 6.07) is 2.32. The highest BCUT2D eigenvalue weighted by molar-refractivity contribution is 7.91. The lowest BCUT2D eigenvalue weighted by Gasteiger charge is -2.09. The Hall–Kier alpha value is -0.390. The zero-order chi connectivity index (χ0) is 11.8. The van der Waals surface area contributed by atoms with Crippen molar-refractivity contribution in [3.8, 4) is 0 Å². The molecule has 1 aliphatic heterocycles. The fourth-order valence-electron chi connectivity index (χ4n) is 2.07. The number of hydrogen-bond donors (Lipinski definition) is 1. The predicted molar refractivity (Wildman–Crippen MR) is 67.7 cm³/mol. The minimum Gasteiger partial charge on any atom is -0.309 e. The van der Waals surface area contributed by atoms with Crippen molar-refractivity contribution in [3.05, 3.63) is 21.4 Å². The molecule has 0 saturated carbocycles. The molecule has 0 aliphatic carbocycles. The third-order valence-electron chi connectivity index (χ3n) is 2.96. The van der Waals surface area contributed by atoms with E-state index in [2.05, 4.69) is 25.2 Å². The van der Waals surface area contributed by atoms with Crippen molar-refractivity contribution >= 4 is 21.2 Å². The first-order chi connectivity index (χ1) is 7.46. The number of nitrogens with one attached hydrogen (secondary N) is 1. The molecule has 5 heteroatoms. The molecule has 0 amide bonds. The van der Waals surface area contributed by atoms with Crippen LogP contribution in [0.15, 0.2) is 6.07 Å². The SMILES string of the molecule is Cc1cc(CNC2CCS(=O)(=O)C2)c(C)s1. The van der Waals surface area contributed by atoms with Crippen LogP contribution in [0.3, 0.4) is 0 Å². The van der Waals surface area contributed by atoms with Crippen LogP contribution in [0.25, 0.3) is 0 Å². The molecule has 1 saturated heterocycles. The van der Waals surface area contributed by atoms with Gasteiger partial charge in [0.05, 0.1) is 11.5 Å². The van der Waals surface area contributed by atoms with Crippen LogP contribution in [0.4, 0.5) is 0 Å². The molecule has 0 aromatic carbocycles. The van der Waals surface area contributed by atoms with E-state index in [1.807, 2.05) is 0 Å². The molecule has 1 N–H and O–H groups in total. The Bertz CT molecular complexity index is 476. The maximum Gasteiger partial charge on any atom is 0.151 e. The smallest absolute Gasteiger partial charge is 0.151 e. The molecule has 2 heterocycles. The minimum absolute atomic E-state index is 0.143. The van der Waals surface area contributed by atoms with E-state index >= 15 is 0 Å². The van der Waals surface area contributed by atoms with Gasteiger partial charge in [-0.1, -0.05) is 0 Å². The van der Waals surface area contributed by atoms with Gasteiger partial charge in [-0.2, -0.15) is 0 Å². The summed E-state index contributed by atoms with van der Waals surface area (Å²) in [6.07, 6.45) is 0.754. The molecule has 1 atom stereocenters. The number of hydrogen-bond acceptors (Lipinski definition) is 4. The van der Waals surface area contributed by atoms with Crippen molar-refractivity contribution in [1.82, 2.24) is 5.32 Å². The van der Waals surface area contributed by atoms with Crippen LogP contribution in [-0.4, -0.2) is 26.0 Å². The average molecular weight is 259 g/mol. The fraction of sp³-hybridized carbons (Fsp3) is 0.636. The van der Waals surface area contributed by atoms with E-state index in [9.17, 15) is 8.42 Å². The molecule has 0 bridgehead atoms. The molecule has 1 unspecified atom stereocenters. The Balaban J connectivity index is 1.91. The van der Waals surface area contributed by atoms with Gasteiger partial charge in [0.1, 0.15) is 0 Å². The zero-order valence-corrected chi connectivity index (χ0v) is 11.2. The summed E-state index contributed by atoms with van der Waals surface area (Å²) in [5.74, 6) is 0.640. The van der Waals surface area contributed by atoms with Crippen molar-refractivity contribution < 1.29 is 8.42 Å². The molecule has 1 aromatic heterocycles. The number of rotatable bonds is 3. The van der Waals surface area contributed by atoms with E-state index in [1.54, 1.807) is 11.3 Å². The van der Waals surface area contributed by atoms with Gasteiger partial charge in [0.2, 0.25) is 0 Å². The van der Waals surface area contributed by atoms with Gasteiger partial charge >= 0.3 is 0 Å². The third kappa shape index (κ3) is 2.84. The van der Waals surface area contributed by atoms with Gasteiger partial charge in [-0.05, 0) is 31.9 Å². The Morgan fingerprint density at radius 1 is 1.50 bits per heavy atom. The molecule has 1 aromatic rings. The number of thiophene rings is 1. The van der Waals surface area contributed by atoms with E-state index in [-0.39, 0.29) is 6.04 Å². The predicted octanol–water partition coefficient (Wildman–Crippen LogP) is 1.64. The van der Waals surface area contributed by atoms with E-state index in [4.69, 9.17) is 0 Å². The summed E-state index contributed by atoms with van der Waals surface area (Å²) in [7, 11) is -2.76. The first-order valence-electron chi connectivity index (χ1n) is 5.46. The molecule has 0 spiro atoms. The first-order valence-corrected chi connectivity index (χ1v) is 8.10. The van der Waals surface area contributed by atoms with Gasteiger partial charge in [0.15, 0.2) is 9.84 Å². The first kappa shape index (κ1) is 12.1. The maximum atomic E-state index is 11.3. The second kappa shape index (κ2) is 4.47. The number of sulfone groups is 1. The van der Waals surface area contributed by atoms with E-state index in [0.29, 0.717) is 11.5 Å². The third-order valence-corrected chi connectivity index (χ3v) is 5.73.